The molecule has 2 rings (SSSR count). The molecule has 0 atom stereocenters. The minimum atomic E-state index is -1.10. The van der Waals surface area contributed by atoms with Crippen molar-refractivity contribution in [2.24, 2.45) is 0 Å². The van der Waals surface area contributed by atoms with Crippen LogP contribution in [0.3, 0.4) is 0 Å². The van der Waals surface area contributed by atoms with Crippen molar-refractivity contribution in [3.63, 3.8) is 0 Å². The third-order valence-corrected chi connectivity index (χ3v) is 3.67. The van der Waals surface area contributed by atoms with Gasteiger partial charge in [-0.15, -0.1) is 11.3 Å². The van der Waals surface area contributed by atoms with Crippen molar-refractivity contribution in [2.45, 2.75) is 20.8 Å². The number of thiophene rings is 1. The molecule has 0 saturated heterocycles. The summed E-state index contributed by atoms with van der Waals surface area (Å²) in [4.78, 5) is 27.8. The molecule has 0 bridgehead atoms. The van der Waals surface area contributed by atoms with Gasteiger partial charge in [0.05, 0.1) is 11.3 Å². The smallest absolute Gasteiger partial charge is 0.354 e. The van der Waals surface area contributed by atoms with E-state index in [4.69, 9.17) is 5.11 Å². The van der Waals surface area contributed by atoms with Gasteiger partial charge in [-0.05, 0) is 32.9 Å². The fourth-order valence-electron chi connectivity index (χ4n) is 1.90. The Morgan fingerprint density at radius 3 is 2.47 bits per heavy atom. The second-order valence-corrected chi connectivity index (χ2v) is 5.79. The summed E-state index contributed by atoms with van der Waals surface area (Å²) < 4.78 is 0. The summed E-state index contributed by atoms with van der Waals surface area (Å²) in [5.74, 6) is -1.38. The van der Waals surface area contributed by atoms with Crippen LogP contribution in [-0.4, -0.2) is 22.0 Å². The number of carboxylic acids is 1. The third kappa shape index (κ3) is 2.68. The molecule has 6 heteroatoms. The molecule has 0 unspecified atom stereocenters. The summed E-state index contributed by atoms with van der Waals surface area (Å²) in [5.41, 5.74) is 1.55. The number of carbonyl (C=O) groups excluding carboxylic acids is 1. The van der Waals surface area contributed by atoms with Crippen molar-refractivity contribution >= 4 is 28.9 Å². The summed E-state index contributed by atoms with van der Waals surface area (Å²) in [6.07, 6.45) is 0. The lowest BCUT2D eigenvalue weighted by molar-refractivity contribution is 0.0692. The number of hydrogen-bond donors (Lipinski definition) is 3. The number of carbonyl (C=O) groups is 2. The molecule has 0 aliphatic heterocycles. The van der Waals surface area contributed by atoms with E-state index in [-0.39, 0.29) is 11.6 Å². The number of aryl methyl sites for hydroxylation is 3. The molecule has 0 fully saturated rings. The first kappa shape index (κ1) is 13.4. The van der Waals surface area contributed by atoms with Crippen LogP contribution in [0.1, 0.15) is 36.3 Å². The quantitative estimate of drug-likeness (QED) is 0.807. The van der Waals surface area contributed by atoms with Gasteiger partial charge in [-0.3, -0.25) is 4.79 Å². The lowest BCUT2D eigenvalue weighted by Gasteiger charge is -2.03. The largest absolute Gasteiger partial charge is 0.477 e. The zero-order chi connectivity index (χ0) is 14.2. The van der Waals surface area contributed by atoms with Gasteiger partial charge in [0.25, 0.3) is 5.91 Å². The Hall–Kier alpha value is -2.08. The molecule has 1 amide bonds. The molecule has 0 radical (unpaired) electrons. The Morgan fingerprint density at radius 2 is 1.95 bits per heavy atom. The Labute approximate surface area is 114 Å². The van der Waals surface area contributed by atoms with Crippen LogP contribution in [0.5, 0.6) is 0 Å². The number of hydrogen-bond acceptors (Lipinski definition) is 3. The maximum atomic E-state index is 12.1. The molecule has 0 spiro atoms. The van der Waals surface area contributed by atoms with Gasteiger partial charge in [-0.2, -0.15) is 0 Å². The van der Waals surface area contributed by atoms with Gasteiger partial charge < -0.3 is 15.4 Å². The van der Waals surface area contributed by atoms with Gasteiger partial charge in [0, 0.05) is 15.4 Å². The monoisotopic (exact) mass is 278 g/mol. The summed E-state index contributed by atoms with van der Waals surface area (Å²) in [7, 11) is 0. The number of rotatable bonds is 3. The SMILES string of the molecule is Cc1cc(NC(=O)c2cc(C)sc2C)c(C(=O)O)[nH]1. The number of anilines is 1. The van der Waals surface area contributed by atoms with Crippen molar-refractivity contribution < 1.29 is 14.7 Å². The minimum Gasteiger partial charge on any atom is -0.477 e. The Bertz CT molecular complexity index is 655. The van der Waals surface area contributed by atoms with E-state index in [1.807, 2.05) is 13.8 Å². The second-order valence-electron chi connectivity index (χ2n) is 4.33. The van der Waals surface area contributed by atoms with E-state index < -0.39 is 5.97 Å². The van der Waals surface area contributed by atoms with E-state index in [1.165, 1.54) is 11.3 Å². The fraction of sp³-hybridized carbons (Fsp3) is 0.231. The standard InChI is InChI=1S/C13H14N2O3S/c1-6-4-10(11(14-6)13(17)18)15-12(16)9-5-7(2)19-8(9)3/h4-5,14H,1-3H3,(H,15,16)(H,17,18). The van der Waals surface area contributed by atoms with Gasteiger partial charge >= 0.3 is 5.97 Å². The summed E-state index contributed by atoms with van der Waals surface area (Å²) in [5, 5.41) is 11.7. The van der Waals surface area contributed by atoms with Crippen molar-refractivity contribution in [3.8, 4) is 0 Å². The molecule has 2 aromatic rings. The van der Waals surface area contributed by atoms with E-state index in [1.54, 1.807) is 19.1 Å². The predicted molar refractivity (Wildman–Crippen MR) is 74.2 cm³/mol. The highest BCUT2D eigenvalue weighted by Crippen LogP contribution is 2.23. The number of carboxylic acid groups (broad SMARTS) is 1. The molecule has 0 aliphatic rings. The van der Waals surface area contributed by atoms with E-state index >= 15 is 0 Å². The van der Waals surface area contributed by atoms with Crippen LogP contribution in [0.25, 0.3) is 0 Å². The highest BCUT2D eigenvalue weighted by Gasteiger charge is 2.18. The van der Waals surface area contributed by atoms with Gasteiger partial charge in [0.1, 0.15) is 5.69 Å². The minimum absolute atomic E-state index is 0.00421. The average molecular weight is 278 g/mol. The van der Waals surface area contributed by atoms with E-state index in [2.05, 4.69) is 10.3 Å². The molecule has 5 nitrogen and oxygen atoms in total. The lowest BCUT2D eigenvalue weighted by atomic mass is 10.2. The zero-order valence-electron chi connectivity index (χ0n) is 10.8. The van der Waals surface area contributed by atoms with Crippen LogP contribution >= 0.6 is 11.3 Å². The molecule has 0 aliphatic carbocycles. The van der Waals surface area contributed by atoms with E-state index in [0.29, 0.717) is 16.9 Å². The van der Waals surface area contributed by atoms with Gasteiger partial charge in [0.15, 0.2) is 0 Å². The summed E-state index contributed by atoms with van der Waals surface area (Å²) >= 11 is 1.54. The molecule has 19 heavy (non-hydrogen) atoms. The van der Waals surface area contributed by atoms with Crippen molar-refractivity contribution in [1.82, 2.24) is 4.98 Å². The average Bonchev–Trinajstić information content (AvgIpc) is 2.81. The molecule has 3 N–H and O–H groups in total. The van der Waals surface area contributed by atoms with Gasteiger partial charge in [-0.1, -0.05) is 0 Å². The molecular formula is C13H14N2O3S. The third-order valence-electron chi connectivity index (χ3n) is 2.70. The second kappa shape index (κ2) is 4.89. The first-order chi connectivity index (χ1) is 8.88. The normalized spacial score (nSPS) is 10.5. The van der Waals surface area contributed by atoms with Crippen LogP contribution in [0, 0.1) is 20.8 Å². The molecule has 0 aromatic carbocycles. The Morgan fingerprint density at radius 1 is 1.26 bits per heavy atom. The number of nitrogens with one attached hydrogen (secondary N) is 2. The van der Waals surface area contributed by atoms with Crippen molar-refractivity contribution in [1.29, 1.82) is 0 Å². The van der Waals surface area contributed by atoms with Crippen LogP contribution in [-0.2, 0) is 0 Å². The fourth-order valence-corrected chi connectivity index (χ4v) is 2.82. The summed E-state index contributed by atoms with van der Waals surface area (Å²) in [6.45, 7) is 5.53. The van der Waals surface area contributed by atoms with Crippen LogP contribution in [0.2, 0.25) is 0 Å². The predicted octanol–water partition coefficient (Wildman–Crippen LogP) is 2.95. The number of aromatic nitrogens is 1. The van der Waals surface area contributed by atoms with Gasteiger partial charge in [-0.25, -0.2) is 4.79 Å². The lowest BCUT2D eigenvalue weighted by Crippen LogP contribution is -2.14. The van der Waals surface area contributed by atoms with E-state index in [0.717, 1.165) is 9.75 Å². The number of H-pyrrole nitrogens is 1. The van der Waals surface area contributed by atoms with Crippen LogP contribution in [0.4, 0.5) is 5.69 Å². The molecule has 2 aromatic heterocycles. The number of aromatic amines is 1. The maximum Gasteiger partial charge on any atom is 0.354 e. The number of aromatic carboxylic acids is 1. The Kier molecular flexibility index (Phi) is 3.44. The molecule has 2 heterocycles. The molecule has 0 saturated carbocycles. The topological polar surface area (TPSA) is 82.2 Å². The van der Waals surface area contributed by atoms with Gasteiger partial charge in [0.2, 0.25) is 0 Å². The molecular weight excluding hydrogens is 264 g/mol. The zero-order valence-corrected chi connectivity index (χ0v) is 11.6. The number of amides is 1. The maximum absolute atomic E-state index is 12.1. The first-order valence-corrected chi connectivity index (χ1v) is 6.51. The van der Waals surface area contributed by atoms with Crippen LogP contribution in [0.15, 0.2) is 12.1 Å². The van der Waals surface area contributed by atoms with Crippen molar-refractivity contribution in [2.75, 3.05) is 5.32 Å². The van der Waals surface area contributed by atoms with Crippen LogP contribution < -0.4 is 5.32 Å². The highest BCUT2D eigenvalue weighted by molar-refractivity contribution is 7.12. The highest BCUT2D eigenvalue weighted by atomic mass is 32.1. The summed E-state index contributed by atoms with van der Waals surface area (Å²) in [6, 6.07) is 3.41. The first-order valence-electron chi connectivity index (χ1n) is 5.69. The van der Waals surface area contributed by atoms with Crippen molar-refractivity contribution in [3.05, 3.63) is 38.8 Å². The van der Waals surface area contributed by atoms with E-state index in [9.17, 15) is 9.59 Å². The molecule has 100 valence electrons. The Balaban J connectivity index is 2.29.